The summed E-state index contributed by atoms with van der Waals surface area (Å²) in [6.07, 6.45) is -0.469. The highest BCUT2D eigenvalue weighted by Gasteiger charge is 2.41. The number of nitrogens with two attached hydrogens (primary N) is 1. The Morgan fingerprint density at radius 1 is 1.64 bits per heavy atom. The van der Waals surface area contributed by atoms with Crippen LogP contribution in [0.5, 0.6) is 0 Å². The zero-order valence-corrected chi connectivity index (χ0v) is 7.97. The van der Waals surface area contributed by atoms with Crippen LogP contribution in [0.3, 0.4) is 0 Å². The van der Waals surface area contributed by atoms with Crippen LogP contribution in [0.15, 0.2) is 0 Å². The van der Waals surface area contributed by atoms with Crippen molar-refractivity contribution < 1.29 is 19.4 Å². The number of aliphatic hydroxyl groups excluding tert-OH is 1. The maximum Gasteiger partial charge on any atom is 0.331 e. The van der Waals surface area contributed by atoms with E-state index in [2.05, 4.69) is 4.74 Å². The molecule has 1 aliphatic rings. The van der Waals surface area contributed by atoms with E-state index >= 15 is 0 Å². The van der Waals surface area contributed by atoms with Crippen LogP contribution < -0.4 is 5.73 Å². The predicted octanol–water partition coefficient (Wildman–Crippen LogP) is -1.92. The van der Waals surface area contributed by atoms with Gasteiger partial charge in [0.25, 0.3) is 0 Å². The molecule has 0 aliphatic carbocycles. The van der Waals surface area contributed by atoms with E-state index in [-0.39, 0.29) is 12.5 Å². The second kappa shape index (κ2) is 4.39. The first-order valence-electron chi connectivity index (χ1n) is 4.37. The van der Waals surface area contributed by atoms with Gasteiger partial charge in [0, 0.05) is 6.54 Å². The van der Waals surface area contributed by atoms with E-state index in [0.29, 0.717) is 13.0 Å². The molecule has 0 aromatic rings. The molecule has 0 unspecified atom stereocenters. The lowest BCUT2D eigenvalue weighted by atomic mass is 10.2. The first-order chi connectivity index (χ1) is 6.61. The number of carbonyl (C=O) groups is 2. The Morgan fingerprint density at radius 2 is 2.29 bits per heavy atom. The Bertz CT molecular complexity index is 243. The van der Waals surface area contributed by atoms with E-state index in [9.17, 15) is 14.7 Å². The van der Waals surface area contributed by atoms with Gasteiger partial charge in [0.2, 0.25) is 5.91 Å². The lowest BCUT2D eigenvalue weighted by Crippen LogP contribution is -2.47. The molecule has 0 saturated carbocycles. The number of amides is 1. The van der Waals surface area contributed by atoms with Crippen molar-refractivity contribution in [2.75, 3.05) is 20.2 Å². The van der Waals surface area contributed by atoms with Crippen molar-refractivity contribution in [2.45, 2.75) is 18.6 Å². The largest absolute Gasteiger partial charge is 0.467 e. The van der Waals surface area contributed by atoms with E-state index in [1.165, 1.54) is 12.0 Å². The summed E-state index contributed by atoms with van der Waals surface area (Å²) in [5, 5.41) is 9.47. The zero-order valence-electron chi connectivity index (χ0n) is 7.97. The van der Waals surface area contributed by atoms with Crippen LogP contribution in [-0.4, -0.2) is 54.2 Å². The Hall–Kier alpha value is -1.14. The molecule has 1 saturated heterocycles. The molecule has 0 bridgehead atoms. The summed E-state index contributed by atoms with van der Waals surface area (Å²) in [5.41, 5.74) is 5.18. The van der Waals surface area contributed by atoms with Gasteiger partial charge in [-0.05, 0) is 6.42 Å². The molecule has 1 aliphatic heterocycles. The lowest BCUT2D eigenvalue weighted by Gasteiger charge is -2.23. The molecule has 0 aromatic carbocycles. The fraction of sp³-hybridized carbons (Fsp3) is 0.750. The number of ether oxygens (including phenoxy) is 1. The van der Waals surface area contributed by atoms with Crippen molar-refractivity contribution in [2.24, 2.45) is 5.73 Å². The minimum Gasteiger partial charge on any atom is -0.467 e. The van der Waals surface area contributed by atoms with Crippen LogP contribution in [0, 0.1) is 0 Å². The standard InChI is InChI=1S/C8H14N2O4/c1-14-8(13)7-5(11)2-3-10(7)6(12)4-9/h5,7,11H,2-4,9H2,1H3/t5-,7-/m0/s1. The van der Waals surface area contributed by atoms with Gasteiger partial charge in [-0.25, -0.2) is 4.79 Å². The predicted molar refractivity (Wildman–Crippen MR) is 47.2 cm³/mol. The normalized spacial score (nSPS) is 26.4. The van der Waals surface area contributed by atoms with Crippen LogP contribution in [0.4, 0.5) is 0 Å². The summed E-state index contributed by atoms with van der Waals surface area (Å²) in [6, 6.07) is -0.893. The van der Waals surface area contributed by atoms with E-state index in [1.54, 1.807) is 0 Å². The van der Waals surface area contributed by atoms with Crippen molar-refractivity contribution in [3.8, 4) is 0 Å². The van der Waals surface area contributed by atoms with Gasteiger partial charge in [-0.3, -0.25) is 4.79 Å². The Labute approximate surface area is 81.6 Å². The third-order valence-electron chi connectivity index (χ3n) is 2.30. The minimum absolute atomic E-state index is 0.166. The van der Waals surface area contributed by atoms with Crippen LogP contribution >= 0.6 is 0 Å². The summed E-state index contributed by atoms with van der Waals surface area (Å²) in [4.78, 5) is 23.8. The van der Waals surface area contributed by atoms with Gasteiger partial charge in [-0.2, -0.15) is 0 Å². The highest BCUT2D eigenvalue weighted by molar-refractivity contribution is 5.86. The Morgan fingerprint density at radius 3 is 2.79 bits per heavy atom. The second-order valence-corrected chi connectivity index (χ2v) is 3.12. The van der Waals surface area contributed by atoms with Gasteiger partial charge in [0.05, 0.1) is 19.8 Å². The SMILES string of the molecule is COC(=O)[C@@H]1[C@@H](O)CCN1C(=O)CN. The van der Waals surface area contributed by atoms with Crippen molar-refractivity contribution in [1.29, 1.82) is 0 Å². The molecule has 80 valence electrons. The topological polar surface area (TPSA) is 92.9 Å². The molecule has 0 aromatic heterocycles. The van der Waals surface area contributed by atoms with Crippen LogP contribution in [0.25, 0.3) is 0 Å². The number of hydrogen-bond donors (Lipinski definition) is 2. The number of hydrogen-bond acceptors (Lipinski definition) is 5. The highest BCUT2D eigenvalue weighted by atomic mass is 16.5. The molecular weight excluding hydrogens is 188 g/mol. The third-order valence-corrected chi connectivity index (χ3v) is 2.30. The van der Waals surface area contributed by atoms with E-state index in [4.69, 9.17) is 5.73 Å². The number of aliphatic hydroxyl groups is 1. The molecule has 14 heavy (non-hydrogen) atoms. The van der Waals surface area contributed by atoms with E-state index in [0.717, 1.165) is 0 Å². The molecule has 0 spiro atoms. The van der Waals surface area contributed by atoms with Gasteiger partial charge in [0.15, 0.2) is 6.04 Å². The molecule has 1 fully saturated rings. The monoisotopic (exact) mass is 202 g/mol. The quantitative estimate of drug-likeness (QED) is 0.509. The maximum atomic E-state index is 11.3. The van der Waals surface area contributed by atoms with Crippen molar-refractivity contribution >= 4 is 11.9 Å². The molecule has 1 rings (SSSR count). The van der Waals surface area contributed by atoms with E-state index in [1.807, 2.05) is 0 Å². The molecule has 3 N–H and O–H groups in total. The number of likely N-dealkylation sites (tertiary alicyclic amines) is 1. The molecule has 1 amide bonds. The van der Waals surface area contributed by atoms with Gasteiger partial charge < -0.3 is 20.5 Å². The third kappa shape index (κ3) is 1.85. The first kappa shape index (κ1) is 10.9. The van der Waals surface area contributed by atoms with Crippen molar-refractivity contribution in [3.05, 3.63) is 0 Å². The highest BCUT2D eigenvalue weighted by Crippen LogP contribution is 2.18. The van der Waals surface area contributed by atoms with Crippen LogP contribution in [0.1, 0.15) is 6.42 Å². The van der Waals surface area contributed by atoms with Crippen LogP contribution in [-0.2, 0) is 14.3 Å². The minimum atomic E-state index is -0.893. The summed E-state index contributed by atoms with van der Waals surface area (Å²) < 4.78 is 4.50. The average molecular weight is 202 g/mol. The molecular formula is C8H14N2O4. The molecule has 6 heteroatoms. The van der Waals surface area contributed by atoms with Gasteiger partial charge in [-0.1, -0.05) is 0 Å². The Balaban J connectivity index is 2.76. The fourth-order valence-electron chi connectivity index (χ4n) is 1.58. The summed E-state index contributed by atoms with van der Waals surface area (Å²) in [7, 11) is 1.22. The average Bonchev–Trinajstić information content (AvgIpc) is 2.58. The number of carbonyl (C=O) groups excluding carboxylic acids is 2. The van der Waals surface area contributed by atoms with Crippen molar-refractivity contribution in [1.82, 2.24) is 4.90 Å². The number of rotatable bonds is 2. The summed E-state index contributed by atoms with van der Waals surface area (Å²) in [6.45, 7) is 0.178. The van der Waals surface area contributed by atoms with E-state index < -0.39 is 18.1 Å². The van der Waals surface area contributed by atoms with Gasteiger partial charge >= 0.3 is 5.97 Å². The maximum absolute atomic E-state index is 11.3. The molecule has 2 atom stereocenters. The Kier molecular flexibility index (Phi) is 3.43. The summed E-state index contributed by atoms with van der Waals surface area (Å²) >= 11 is 0. The van der Waals surface area contributed by atoms with Gasteiger partial charge in [0.1, 0.15) is 0 Å². The zero-order chi connectivity index (χ0) is 10.7. The summed E-state index contributed by atoms with van der Waals surface area (Å²) in [5.74, 6) is -0.950. The lowest BCUT2D eigenvalue weighted by molar-refractivity contribution is -0.153. The number of esters is 1. The van der Waals surface area contributed by atoms with Crippen LogP contribution in [0.2, 0.25) is 0 Å². The first-order valence-corrected chi connectivity index (χ1v) is 4.37. The molecule has 0 radical (unpaired) electrons. The smallest absolute Gasteiger partial charge is 0.331 e. The number of nitrogens with zero attached hydrogens (tertiary/aromatic N) is 1. The fourth-order valence-corrected chi connectivity index (χ4v) is 1.58. The van der Waals surface area contributed by atoms with Crippen molar-refractivity contribution in [3.63, 3.8) is 0 Å². The van der Waals surface area contributed by atoms with Gasteiger partial charge in [-0.15, -0.1) is 0 Å². The number of methoxy groups -OCH3 is 1. The molecule has 6 nitrogen and oxygen atoms in total. The second-order valence-electron chi connectivity index (χ2n) is 3.12. The molecule has 1 heterocycles.